The third kappa shape index (κ3) is 4.75. The van der Waals surface area contributed by atoms with E-state index in [0.717, 1.165) is 5.56 Å². The van der Waals surface area contributed by atoms with Gasteiger partial charge in [-0.3, -0.25) is 0 Å². The molecule has 0 aliphatic heterocycles. The van der Waals surface area contributed by atoms with Crippen LogP contribution in [-0.4, -0.2) is 25.7 Å². The molecule has 1 aromatic rings. The molecule has 0 amide bonds. The minimum absolute atomic E-state index is 0.0183. The first-order chi connectivity index (χ1) is 7.74. The first kappa shape index (κ1) is 14.6. The Morgan fingerprint density at radius 1 is 1.29 bits per heavy atom. The summed E-state index contributed by atoms with van der Waals surface area (Å²) in [5.74, 6) is 0. The van der Waals surface area contributed by atoms with Crippen molar-refractivity contribution in [2.75, 3.05) is 6.54 Å². The molecule has 4 nitrogen and oxygen atoms in total. The fourth-order valence-electron chi connectivity index (χ4n) is 1.11. The van der Waals surface area contributed by atoms with Crippen molar-refractivity contribution in [2.45, 2.75) is 29.7 Å². The molecule has 0 fully saturated rings. The van der Waals surface area contributed by atoms with Crippen LogP contribution in [0.1, 0.15) is 19.4 Å². The molecule has 0 saturated carbocycles. The molecule has 0 radical (unpaired) electrons. The first-order valence-corrected chi connectivity index (χ1v) is 7.72. The van der Waals surface area contributed by atoms with Crippen LogP contribution in [0, 0.1) is 0 Å². The van der Waals surface area contributed by atoms with E-state index in [2.05, 4.69) is 20.7 Å². The SMILES string of the molecule is CC(C)(O)CNS(=O)(=O)c1ccc(CBr)cc1. The maximum absolute atomic E-state index is 11.8. The summed E-state index contributed by atoms with van der Waals surface area (Å²) in [6.07, 6.45) is 0. The summed E-state index contributed by atoms with van der Waals surface area (Å²) in [7, 11) is -3.54. The van der Waals surface area contributed by atoms with Crippen LogP contribution in [0.25, 0.3) is 0 Å². The van der Waals surface area contributed by atoms with Crippen molar-refractivity contribution in [3.63, 3.8) is 0 Å². The minimum Gasteiger partial charge on any atom is -0.389 e. The van der Waals surface area contributed by atoms with Gasteiger partial charge in [-0.1, -0.05) is 28.1 Å². The highest BCUT2D eigenvalue weighted by atomic mass is 79.9. The Morgan fingerprint density at radius 3 is 2.24 bits per heavy atom. The van der Waals surface area contributed by atoms with Crippen LogP contribution >= 0.6 is 15.9 Å². The van der Waals surface area contributed by atoms with Crippen molar-refractivity contribution in [1.29, 1.82) is 0 Å². The maximum atomic E-state index is 11.8. The van der Waals surface area contributed by atoms with Crippen LogP contribution < -0.4 is 4.72 Å². The van der Waals surface area contributed by atoms with E-state index < -0.39 is 15.6 Å². The zero-order valence-corrected chi connectivity index (χ0v) is 12.2. The van der Waals surface area contributed by atoms with Gasteiger partial charge in [0.1, 0.15) is 0 Å². The summed E-state index contributed by atoms with van der Waals surface area (Å²) >= 11 is 3.29. The van der Waals surface area contributed by atoms with Gasteiger partial charge in [-0.15, -0.1) is 0 Å². The average Bonchev–Trinajstić information content (AvgIpc) is 2.26. The van der Waals surface area contributed by atoms with E-state index in [-0.39, 0.29) is 11.4 Å². The van der Waals surface area contributed by atoms with Crippen molar-refractivity contribution in [3.05, 3.63) is 29.8 Å². The molecular formula is C11H16BrNO3S. The lowest BCUT2D eigenvalue weighted by atomic mass is 10.1. The Hall–Kier alpha value is -0.430. The van der Waals surface area contributed by atoms with E-state index in [1.54, 1.807) is 38.1 Å². The van der Waals surface area contributed by atoms with Crippen LogP contribution in [0.3, 0.4) is 0 Å². The molecule has 0 heterocycles. The minimum atomic E-state index is -3.54. The predicted octanol–water partition coefficient (Wildman–Crippen LogP) is 1.63. The number of benzene rings is 1. The van der Waals surface area contributed by atoms with Gasteiger partial charge in [0.25, 0.3) is 0 Å². The highest BCUT2D eigenvalue weighted by Gasteiger charge is 2.19. The Labute approximate surface area is 110 Å². The highest BCUT2D eigenvalue weighted by molar-refractivity contribution is 9.08. The number of sulfonamides is 1. The van der Waals surface area contributed by atoms with Gasteiger partial charge in [0, 0.05) is 11.9 Å². The molecule has 96 valence electrons. The molecule has 0 unspecified atom stereocenters. The van der Waals surface area contributed by atoms with Crippen molar-refractivity contribution in [2.24, 2.45) is 0 Å². The molecule has 0 atom stereocenters. The summed E-state index contributed by atoms with van der Waals surface area (Å²) < 4.78 is 26.1. The first-order valence-electron chi connectivity index (χ1n) is 5.11. The Bertz CT molecular complexity index is 462. The van der Waals surface area contributed by atoms with Crippen molar-refractivity contribution >= 4 is 26.0 Å². The fraction of sp³-hybridized carbons (Fsp3) is 0.455. The molecule has 6 heteroatoms. The molecule has 0 aliphatic rings. The lowest BCUT2D eigenvalue weighted by Gasteiger charge is -2.17. The molecular weight excluding hydrogens is 306 g/mol. The summed E-state index contributed by atoms with van der Waals surface area (Å²) in [5, 5.41) is 10.2. The van der Waals surface area contributed by atoms with Gasteiger partial charge in [0.2, 0.25) is 10.0 Å². The molecule has 0 bridgehead atoms. The smallest absolute Gasteiger partial charge is 0.240 e. The lowest BCUT2D eigenvalue weighted by molar-refractivity contribution is 0.0857. The van der Waals surface area contributed by atoms with Gasteiger partial charge in [0.05, 0.1) is 10.5 Å². The molecule has 0 aromatic heterocycles. The second-order valence-electron chi connectivity index (χ2n) is 4.41. The van der Waals surface area contributed by atoms with Crippen LogP contribution in [-0.2, 0) is 15.4 Å². The fourth-order valence-corrected chi connectivity index (χ4v) is 2.69. The summed E-state index contributed by atoms with van der Waals surface area (Å²) in [6.45, 7) is 3.07. The van der Waals surface area contributed by atoms with E-state index in [9.17, 15) is 13.5 Å². The molecule has 0 spiro atoms. The van der Waals surface area contributed by atoms with E-state index in [4.69, 9.17) is 0 Å². The predicted molar refractivity (Wildman–Crippen MR) is 70.6 cm³/mol. The quantitative estimate of drug-likeness (QED) is 0.810. The second-order valence-corrected chi connectivity index (χ2v) is 6.74. The van der Waals surface area contributed by atoms with Gasteiger partial charge in [-0.2, -0.15) is 0 Å². The Morgan fingerprint density at radius 2 is 1.82 bits per heavy atom. The normalized spacial score (nSPS) is 12.7. The highest BCUT2D eigenvalue weighted by Crippen LogP contribution is 2.13. The van der Waals surface area contributed by atoms with Crippen LogP contribution in [0.15, 0.2) is 29.2 Å². The zero-order valence-electron chi connectivity index (χ0n) is 9.77. The van der Waals surface area contributed by atoms with E-state index in [1.807, 2.05) is 0 Å². The van der Waals surface area contributed by atoms with Crippen molar-refractivity contribution in [3.8, 4) is 0 Å². The van der Waals surface area contributed by atoms with Gasteiger partial charge < -0.3 is 5.11 Å². The molecule has 1 aromatic carbocycles. The van der Waals surface area contributed by atoms with Crippen molar-refractivity contribution in [1.82, 2.24) is 4.72 Å². The summed E-state index contributed by atoms with van der Waals surface area (Å²) in [5.41, 5.74) is -0.0606. The third-order valence-electron chi connectivity index (χ3n) is 2.08. The van der Waals surface area contributed by atoms with E-state index in [1.165, 1.54) is 0 Å². The number of halogens is 1. The average molecular weight is 322 g/mol. The molecule has 0 aliphatic carbocycles. The number of nitrogens with one attached hydrogen (secondary N) is 1. The largest absolute Gasteiger partial charge is 0.389 e. The lowest BCUT2D eigenvalue weighted by Crippen LogP contribution is -2.38. The summed E-state index contributed by atoms with van der Waals surface area (Å²) in [6, 6.07) is 6.58. The number of hydrogen-bond acceptors (Lipinski definition) is 3. The Kier molecular flexibility index (Phi) is 4.71. The van der Waals surface area contributed by atoms with Gasteiger partial charge >= 0.3 is 0 Å². The van der Waals surface area contributed by atoms with Gasteiger partial charge in [-0.05, 0) is 31.5 Å². The zero-order chi connectivity index (χ0) is 13.1. The topological polar surface area (TPSA) is 66.4 Å². The van der Waals surface area contributed by atoms with E-state index in [0.29, 0.717) is 5.33 Å². The van der Waals surface area contributed by atoms with Crippen LogP contribution in [0.2, 0.25) is 0 Å². The standard InChI is InChI=1S/C11H16BrNO3S/c1-11(2,14)8-13-17(15,16)10-5-3-9(7-12)4-6-10/h3-6,13-14H,7-8H2,1-2H3. The van der Waals surface area contributed by atoms with Gasteiger partial charge in [0.15, 0.2) is 0 Å². The Balaban J connectivity index is 2.82. The van der Waals surface area contributed by atoms with Crippen LogP contribution in [0.4, 0.5) is 0 Å². The monoisotopic (exact) mass is 321 g/mol. The van der Waals surface area contributed by atoms with Crippen LogP contribution in [0.5, 0.6) is 0 Å². The van der Waals surface area contributed by atoms with Crippen molar-refractivity contribution < 1.29 is 13.5 Å². The number of rotatable bonds is 5. The maximum Gasteiger partial charge on any atom is 0.240 e. The van der Waals surface area contributed by atoms with Gasteiger partial charge in [-0.25, -0.2) is 13.1 Å². The summed E-state index contributed by atoms with van der Waals surface area (Å²) in [4.78, 5) is 0.200. The number of aliphatic hydroxyl groups is 1. The molecule has 0 saturated heterocycles. The second kappa shape index (κ2) is 5.48. The number of alkyl halides is 1. The third-order valence-corrected chi connectivity index (χ3v) is 4.15. The van der Waals surface area contributed by atoms with E-state index >= 15 is 0 Å². The molecule has 2 N–H and O–H groups in total. The molecule has 1 rings (SSSR count). The molecule has 17 heavy (non-hydrogen) atoms. The number of hydrogen-bond donors (Lipinski definition) is 2.